The quantitative estimate of drug-likeness (QED) is 0.657. The third kappa shape index (κ3) is 3.38. The van der Waals surface area contributed by atoms with E-state index in [-0.39, 0.29) is 11.9 Å². The molecule has 5 nitrogen and oxygen atoms in total. The second-order valence-electron chi connectivity index (χ2n) is 6.28. The predicted molar refractivity (Wildman–Crippen MR) is 93.9 cm³/mol. The monoisotopic (exact) mass is 349 g/mol. The molecule has 2 aromatic rings. The molecule has 0 saturated carbocycles. The SMILES string of the molecule is Cn1cccc1Cc1cccc([C@@H]2S[C@H](CO)[C@@H](O)[C@H](O)[C@H]2O)c1. The average Bonchev–Trinajstić information content (AvgIpc) is 2.98. The summed E-state index contributed by atoms with van der Waals surface area (Å²) in [4.78, 5) is 0. The van der Waals surface area contributed by atoms with Gasteiger partial charge in [-0.15, -0.1) is 11.8 Å². The van der Waals surface area contributed by atoms with E-state index in [1.807, 2.05) is 43.6 Å². The van der Waals surface area contributed by atoms with Crippen LogP contribution in [0.3, 0.4) is 0 Å². The van der Waals surface area contributed by atoms with E-state index in [9.17, 15) is 20.4 Å². The molecule has 0 spiro atoms. The van der Waals surface area contributed by atoms with Gasteiger partial charge in [-0.1, -0.05) is 24.3 Å². The second kappa shape index (κ2) is 7.29. The predicted octanol–water partition coefficient (Wildman–Crippen LogP) is 0.847. The fourth-order valence-corrected chi connectivity index (χ4v) is 4.56. The highest BCUT2D eigenvalue weighted by Gasteiger charge is 2.43. The molecule has 130 valence electrons. The van der Waals surface area contributed by atoms with E-state index in [1.165, 1.54) is 17.5 Å². The van der Waals surface area contributed by atoms with E-state index in [0.717, 1.165) is 17.5 Å². The van der Waals surface area contributed by atoms with Crippen molar-refractivity contribution in [1.82, 2.24) is 4.57 Å². The van der Waals surface area contributed by atoms with Crippen molar-refractivity contribution in [3.8, 4) is 0 Å². The highest BCUT2D eigenvalue weighted by atomic mass is 32.2. The van der Waals surface area contributed by atoms with Crippen molar-refractivity contribution >= 4 is 11.8 Å². The van der Waals surface area contributed by atoms with Crippen molar-refractivity contribution in [2.45, 2.75) is 35.2 Å². The number of thioether (sulfide) groups is 1. The number of hydrogen-bond acceptors (Lipinski definition) is 5. The molecule has 0 unspecified atom stereocenters. The van der Waals surface area contributed by atoms with Crippen molar-refractivity contribution in [1.29, 1.82) is 0 Å². The minimum atomic E-state index is -1.26. The Morgan fingerprint density at radius 3 is 2.50 bits per heavy atom. The van der Waals surface area contributed by atoms with Gasteiger partial charge in [0.1, 0.15) is 6.10 Å². The molecule has 4 N–H and O–H groups in total. The first-order valence-corrected chi connectivity index (χ1v) is 8.95. The van der Waals surface area contributed by atoms with Gasteiger partial charge >= 0.3 is 0 Å². The first kappa shape index (κ1) is 17.5. The fourth-order valence-electron chi connectivity index (χ4n) is 3.15. The third-order valence-corrected chi connectivity index (χ3v) is 6.23. The van der Waals surface area contributed by atoms with Crippen molar-refractivity contribution in [2.24, 2.45) is 7.05 Å². The number of nitrogens with zero attached hydrogens (tertiary/aromatic N) is 1. The van der Waals surface area contributed by atoms with Crippen LogP contribution in [0.4, 0.5) is 0 Å². The van der Waals surface area contributed by atoms with Crippen LogP contribution in [0.1, 0.15) is 22.1 Å². The number of aromatic nitrogens is 1. The van der Waals surface area contributed by atoms with Crippen LogP contribution >= 0.6 is 11.8 Å². The Morgan fingerprint density at radius 2 is 1.83 bits per heavy atom. The number of aliphatic hydroxyl groups is 4. The summed E-state index contributed by atoms with van der Waals surface area (Å²) in [5.74, 6) is 0. The van der Waals surface area contributed by atoms with Crippen LogP contribution in [0.5, 0.6) is 0 Å². The lowest BCUT2D eigenvalue weighted by Gasteiger charge is -2.39. The smallest absolute Gasteiger partial charge is 0.108 e. The Morgan fingerprint density at radius 1 is 1.04 bits per heavy atom. The van der Waals surface area contributed by atoms with Crippen molar-refractivity contribution in [3.05, 3.63) is 59.4 Å². The number of hydrogen-bond donors (Lipinski definition) is 4. The van der Waals surface area contributed by atoms with E-state index in [2.05, 4.69) is 10.6 Å². The largest absolute Gasteiger partial charge is 0.395 e. The summed E-state index contributed by atoms with van der Waals surface area (Å²) in [6, 6.07) is 12.0. The maximum Gasteiger partial charge on any atom is 0.108 e. The van der Waals surface area contributed by atoms with Gasteiger partial charge in [0.25, 0.3) is 0 Å². The summed E-state index contributed by atoms with van der Waals surface area (Å²) >= 11 is 1.31. The van der Waals surface area contributed by atoms with E-state index >= 15 is 0 Å². The molecule has 1 aromatic carbocycles. The van der Waals surface area contributed by atoms with Gasteiger partial charge < -0.3 is 25.0 Å². The normalized spacial score (nSPS) is 30.5. The molecule has 1 aliphatic rings. The fraction of sp³-hybridized carbons (Fsp3) is 0.444. The summed E-state index contributed by atoms with van der Waals surface area (Å²) in [7, 11) is 2.00. The Bertz CT molecular complexity index is 687. The standard InChI is InChI=1S/C18H23NO4S/c1-19-7-3-6-13(19)9-11-4-2-5-12(8-11)18-17(23)16(22)15(21)14(10-20)24-18/h2-8,14-18,20-23H,9-10H2,1H3/t14-,15-,16+,17-,18+/m1/s1. The van der Waals surface area contributed by atoms with Crippen LogP contribution in [-0.4, -0.2) is 55.2 Å². The maximum atomic E-state index is 10.3. The Kier molecular flexibility index (Phi) is 5.32. The van der Waals surface area contributed by atoms with Crippen molar-refractivity contribution in [3.63, 3.8) is 0 Å². The molecule has 1 saturated heterocycles. The Balaban J connectivity index is 1.83. The zero-order valence-electron chi connectivity index (χ0n) is 13.5. The molecule has 0 aliphatic carbocycles. The highest BCUT2D eigenvalue weighted by molar-refractivity contribution is 8.00. The Labute approximate surface area is 145 Å². The van der Waals surface area contributed by atoms with E-state index < -0.39 is 23.6 Å². The van der Waals surface area contributed by atoms with Crippen molar-refractivity contribution < 1.29 is 20.4 Å². The molecule has 1 fully saturated rings. The van der Waals surface area contributed by atoms with Gasteiger partial charge in [0.2, 0.25) is 0 Å². The number of benzene rings is 1. The molecule has 3 rings (SSSR count). The van der Waals surface area contributed by atoms with Crippen LogP contribution in [-0.2, 0) is 13.5 Å². The van der Waals surface area contributed by atoms with Crippen LogP contribution in [0.2, 0.25) is 0 Å². The van der Waals surface area contributed by atoms with Gasteiger partial charge in [-0.2, -0.15) is 0 Å². The summed E-state index contributed by atoms with van der Waals surface area (Å²) in [5.41, 5.74) is 3.19. The maximum absolute atomic E-state index is 10.3. The lowest BCUT2D eigenvalue weighted by molar-refractivity contribution is -0.0700. The molecule has 24 heavy (non-hydrogen) atoms. The third-order valence-electron chi connectivity index (χ3n) is 4.61. The van der Waals surface area contributed by atoms with E-state index in [1.54, 1.807) is 0 Å². The molecule has 1 aromatic heterocycles. The summed E-state index contributed by atoms with van der Waals surface area (Å²) in [6.07, 6.45) is -0.677. The van der Waals surface area contributed by atoms with Crippen LogP contribution in [0.25, 0.3) is 0 Å². The minimum Gasteiger partial charge on any atom is -0.395 e. The second-order valence-corrected chi connectivity index (χ2v) is 7.67. The molecule has 0 amide bonds. The number of aryl methyl sites for hydroxylation is 1. The molecule has 5 atom stereocenters. The average molecular weight is 349 g/mol. The number of aliphatic hydroxyl groups excluding tert-OH is 4. The van der Waals surface area contributed by atoms with Crippen LogP contribution < -0.4 is 0 Å². The van der Waals surface area contributed by atoms with Gasteiger partial charge in [-0.05, 0) is 23.3 Å². The number of rotatable bonds is 4. The highest BCUT2D eigenvalue weighted by Crippen LogP contribution is 2.43. The van der Waals surface area contributed by atoms with E-state index in [0.29, 0.717) is 0 Å². The lowest BCUT2D eigenvalue weighted by atomic mass is 9.95. The van der Waals surface area contributed by atoms with Gasteiger partial charge in [-0.3, -0.25) is 0 Å². The molecule has 0 radical (unpaired) electrons. The zero-order valence-corrected chi connectivity index (χ0v) is 14.3. The van der Waals surface area contributed by atoms with Gasteiger partial charge in [0, 0.05) is 25.4 Å². The van der Waals surface area contributed by atoms with Crippen LogP contribution in [0.15, 0.2) is 42.6 Å². The molecule has 2 heterocycles. The summed E-state index contributed by atoms with van der Waals surface area (Å²) in [5, 5.41) is 38.9. The van der Waals surface area contributed by atoms with Gasteiger partial charge in [-0.25, -0.2) is 0 Å². The van der Waals surface area contributed by atoms with Crippen molar-refractivity contribution in [2.75, 3.05) is 6.61 Å². The first-order chi connectivity index (χ1) is 11.5. The minimum absolute atomic E-state index is 0.241. The molecular formula is C18H23NO4S. The molecule has 1 aliphatic heterocycles. The zero-order chi connectivity index (χ0) is 17.3. The Hall–Kier alpha value is -1.31. The summed E-state index contributed by atoms with van der Waals surface area (Å²) in [6.45, 7) is -0.241. The topological polar surface area (TPSA) is 85.9 Å². The van der Waals surface area contributed by atoms with Gasteiger partial charge in [0.05, 0.1) is 29.3 Å². The molecular weight excluding hydrogens is 326 g/mol. The summed E-state index contributed by atoms with van der Waals surface area (Å²) < 4.78 is 2.07. The first-order valence-electron chi connectivity index (χ1n) is 8.01. The molecule has 0 bridgehead atoms. The van der Waals surface area contributed by atoms with E-state index in [4.69, 9.17) is 0 Å². The molecule has 6 heteroatoms. The van der Waals surface area contributed by atoms with Gasteiger partial charge in [0.15, 0.2) is 0 Å². The lowest BCUT2D eigenvalue weighted by Crippen LogP contribution is -2.51. The van der Waals surface area contributed by atoms with Crippen LogP contribution in [0, 0.1) is 0 Å².